The van der Waals surface area contributed by atoms with Gasteiger partial charge in [0.1, 0.15) is 0 Å². The van der Waals surface area contributed by atoms with Crippen molar-refractivity contribution in [1.29, 1.82) is 0 Å². The first-order valence-electron chi connectivity index (χ1n) is 16.1. The van der Waals surface area contributed by atoms with Crippen molar-refractivity contribution < 1.29 is 27.5 Å². The second-order valence-corrected chi connectivity index (χ2v) is 12.8. The van der Waals surface area contributed by atoms with Gasteiger partial charge in [0.05, 0.1) is 18.6 Å². The highest BCUT2D eigenvalue weighted by molar-refractivity contribution is 6.01. The molecule has 9 heteroatoms. The SMILES string of the molecule is CN(C)CCCOC(=O)CC(C)(CCCN1CCC(NC(=O)c2ccccc2-c2ccc(C(F)(F)F)cc2)CC1)c1ccccc1. The van der Waals surface area contributed by atoms with Gasteiger partial charge in [0, 0.05) is 36.7 Å². The molecule has 1 amide bonds. The van der Waals surface area contributed by atoms with Crippen LogP contribution in [0.25, 0.3) is 11.1 Å². The van der Waals surface area contributed by atoms with Crippen molar-refractivity contribution in [1.82, 2.24) is 15.1 Å². The van der Waals surface area contributed by atoms with E-state index in [1.54, 1.807) is 24.3 Å². The number of likely N-dealkylation sites (tertiary alicyclic amines) is 1. The van der Waals surface area contributed by atoms with E-state index in [1.165, 1.54) is 12.1 Å². The highest BCUT2D eigenvalue weighted by Gasteiger charge is 2.32. The summed E-state index contributed by atoms with van der Waals surface area (Å²) in [5.74, 6) is -0.386. The predicted molar refractivity (Wildman–Crippen MR) is 176 cm³/mol. The minimum absolute atomic E-state index is 0.0151. The van der Waals surface area contributed by atoms with Gasteiger partial charge in [0.15, 0.2) is 0 Å². The number of carbonyl (C=O) groups is 2. The number of benzene rings is 3. The van der Waals surface area contributed by atoms with Crippen LogP contribution < -0.4 is 5.32 Å². The van der Waals surface area contributed by atoms with Crippen molar-refractivity contribution in [2.24, 2.45) is 0 Å². The molecular weight excluding hydrogens is 591 g/mol. The fraction of sp³-hybridized carbons (Fsp3) is 0.459. The lowest BCUT2D eigenvalue weighted by atomic mass is 9.76. The standard InChI is InChI=1S/C37H46F3N3O3/c1-36(29-11-5-4-6-12-29,27-34(44)46-26-10-22-42(2)3)21-9-23-43-24-19-31(20-25-43)41-35(45)33-14-8-7-13-32(33)28-15-17-30(18-16-28)37(38,39)40/h4-8,11-18,31H,9-10,19-27H2,1-3H3,(H,41,45). The van der Waals surface area contributed by atoms with Gasteiger partial charge < -0.3 is 19.9 Å². The number of piperidine rings is 1. The molecule has 0 bridgehead atoms. The Hall–Kier alpha value is -3.69. The van der Waals surface area contributed by atoms with Crippen LogP contribution in [0.2, 0.25) is 0 Å². The molecule has 248 valence electrons. The van der Waals surface area contributed by atoms with Gasteiger partial charge in [-0.2, -0.15) is 13.2 Å². The monoisotopic (exact) mass is 637 g/mol. The van der Waals surface area contributed by atoms with Crippen LogP contribution in [-0.2, 0) is 21.1 Å². The van der Waals surface area contributed by atoms with E-state index in [9.17, 15) is 22.8 Å². The number of nitrogens with one attached hydrogen (secondary N) is 1. The third kappa shape index (κ3) is 10.2. The predicted octanol–water partition coefficient (Wildman–Crippen LogP) is 7.19. The fourth-order valence-corrected chi connectivity index (χ4v) is 6.14. The van der Waals surface area contributed by atoms with Crippen molar-refractivity contribution in [2.75, 3.05) is 46.9 Å². The van der Waals surface area contributed by atoms with E-state index in [4.69, 9.17) is 4.74 Å². The number of rotatable bonds is 14. The lowest BCUT2D eigenvalue weighted by Gasteiger charge is -2.34. The lowest BCUT2D eigenvalue weighted by molar-refractivity contribution is -0.145. The average molecular weight is 638 g/mol. The van der Waals surface area contributed by atoms with Gasteiger partial charge >= 0.3 is 12.1 Å². The van der Waals surface area contributed by atoms with E-state index in [-0.39, 0.29) is 23.3 Å². The van der Waals surface area contributed by atoms with Crippen LogP contribution in [-0.4, -0.2) is 74.6 Å². The van der Waals surface area contributed by atoms with Crippen LogP contribution in [0.4, 0.5) is 13.2 Å². The number of hydrogen-bond acceptors (Lipinski definition) is 5. The lowest BCUT2D eigenvalue weighted by Crippen LogP contribution is -2.45. The molecular formula is C37H46F3N3O3. The first kappa shape index (κ1) is 35.2. The van der Waals surface area contributed by atoms with Crippen LogP contribution >= 0.6 is 0 Å². The second kappa shape index (κ2) is 16.2. The van der Waals surface area contributed by atoms with E-state index in [1.807, 2.05) is 32.3 Å². The van der Waals surface area contributed by atoms with Crippen molar-refractivity contribution in [3.63, 3.8) is 0 Å². The maximum atomic E-state index is 13.3. The molecule has 0 saturated carbocycles. The Bertz CT molecular complexity index is 1400. The summed E-state index contributed by atoms with van der Waals surface area (Å²) in [5.41, 5.74) is 1.70. The van der Waals surface area contributed by atoms with Crippen molar-refractivity contribution in [2.45, 2.75) is 63.1 Å². The van der Waals surface area contributed by atoms with Gasteiger partial charge in [0.25, 0.3) is 5.91 Å². The number of carbonyl (C=O) groups excluding carboxylic acids is 2. The number of nitrogens with zero attached hydrogens (tertiary/aromatic N) is 2. The summed E-state index contributed by atoms with van der Waals surface area (Å²) in [5, 5.41) is 3.15. The van der Waals surface area contributed by atoms with Gasteiger partial charge in [-0.15, -0.1) is 0 Å². The Labute approximate surface area is 270 Å². The van der Waals surface area contributed by atoms with Crippen LogP contribution in [0.1, 0.15) is 66.9 Å². The quantitative estimate of drug-likeness (QED) is 0.150. The smallest absolute Gasteiger partial charge is 0.416 e. The molecule has 0 aliphatic carbocycles. The van der Waals surface area contributed by atoms with E-state index >= 15 is 0 Å². The summed E-state index contributed by atoms with van der Waals surface area (Å²) in [7, 11) is 4.00. The largest absolute Gasteiger partial charge is 0.466 e. The molecule has 46 heavy (non-hydrogen) atoms. The molecule has 0 aromatic heterocycles. The Morgan fingerprint density at radius 2 is 1.54 bits per heavy atom. The maximum Gasteiger partial charge on any atom is 0.416 e. The fourth-order valence-electron chi connectivity index (χ4n) is 6.14. The zero-order valence-electron chi connectivity index (χ0n) is 27.1. The van der Waals surface area contributed by atoms with E-state index in [0.717, 1.165) is 76.0 Å². The molecule has 6 nitrogen and oxygen atoms in total. The number of ether oxygens (including phenoxy) is 1. The Balaban J connectivity index is 1.27. The highest BCUT2D eigenvalue weighted by atomic mass is 19.4. The van der Waals surface area contributed by atoms with Gasteiger partial charge in [-0.05, 0) is 87.6 Å². The molecule has 4 rings (SSSR count). The van der Waals surface area contributed by atoms with Crippen LogP contribution in [0.3, 0.4) is 0 Å². The van der Waals surface area contributed by atoms with Crippen molar-refractivity contribution in [3.05, 3.63) is 95.6 Å². The second-order valence-electron chi connectivity index (χ2n) is 12.8. The van der Waals surface area contributed by atoms with Gasteiger partial charge in [0.2, 0.25) is 0 Å². The molecule has 1 aliphatic heterocycles. The molecule has 3 aromatic carbocycles. The Morgan fingerprint density at radius 1 is 0.891 bits per heavy atom. The number of halogens is 3. The summed E-state index contributed by atoms with van der Waals surface area (Å²) in [6.45, 7) is 6.04. The average Bonchev–Trinajstić information content (AvgIpc) is 3.04. The van der Waals surface area contributed by atoms with Gasteiger partial charge in [-0.1, -0.05) is 67.6 Å². The molecule has 0 spiro atoms. The molecule has 1 atom stereocenters. The van der Waals surface area contributed by atoms with Gasteiger partial charge in [-0.25, -0.2) is 0 Å². The molecule has 1 N–H and O–H groups in total. The van der Waals surface area contributed by atoms with Crippen LogP contribution in [0.15, 0.2) is 78.9 Å². The number of alkyl halides is 3. The first-order valence-corrected chi connectivity index (χ1v) is 16.1. The molecule has 1 heterocycles. The minimum Gasteiger partial charge on any atom is -0.466 e. The molecule has 0 radical (unpaired) electrons. The zero-order chi connectivity index (χ0) is 33.2. The molecule has 3 aromatic rings. The zero-order valence-corrected chi connectivity index (χ0v) is 27.1. The third-order valence-electron chi connectivity index (χ3n) is 8.84. The van der Waals surface area contributed by atoms with E-state index in [2.05, 4.69) is 34.2 Å². The van der Waals surface area contributed by atoms with Crippen molar-refractivity contribution >= 4 is 11.9 Å². The molecule has 1 aliphatic rings. The van der Waals surface area contributed by atoms with Crippen LogP contribution in [0, 0.1) is 0 Å². The summed E-state index contributed by atoms with van der Waals surface area (Å²) in [6, 6.07) is 22.1. The molecule has 1 unspecified atom stereocenters. The summed E-state index contributed by atoms with van der Waals surface area (Å²) in [6.07, 6.45) is 0.125. The van der Waals surface area contributed by atoms with Crippen molar-refractivity contribution in [3.8, 4) is 11.1 Å². The topological polar surface area (TPSA) is 61.9 Å². The maximum absolute atomic E-state index is 13.3. The van der Waals surface area contributed by atoms with E-state index in [0.29, 0.717) is 29.7 Å². The van der Waals surface area contributed by atoms with Gasteiger partial charge in [-0.3, -0.25) is 9.59 Å². The number of esters is 1. The third-order valence-corrected chi connectivity index (χ3v) is 8.84. The summed E-state index contributed by atoms with van der Waals surface area (Å²) < 4.78 is 44.7. The normalized spacial score (nSPS) is 15.8. The highest BCUT2D eigenvalue weighted by Crippen LogP contribution is 2.34. The molecule has 1 fully saturated rings. The minimum atomic E-state index is -4.41. The van der Waals surface area contributed by atoms with Crippen LogP contribution in [0.5, 0.6) is 0 Å². The van der Waals surface area contributed by atoms with E-state index < -0.39 is 11.7 Å². The Morgan fingerprint density at radius 3 is 2.20 bits per heavy atom. The number of hydrogen-bond donors (Lipinski definition) is 1. The first-order chi connectivity index (χ1) is 21.9. The number of amides is 1. The summed E-state index contributed by atoms with van der Waals surface area (Å²) in [4.78, 5) is 30.6. The molecule has 1 saturated heterocycles. The Kier molecular flexibility index (Phi) is 12.4. The summed E-state index contributed by atoms with van der Waals surface area (Å²) >= 11 is 0.